The summed E-state index contributed by atoms with van der Waals surface area (Å²) in [6.45, 7) is 2.39. The fourth-order valence-electron chi connectivity index (χ4n) is 4.19. The van der Waals surface area contributed by atoms with E-state index in [0.29, 0.717) is 34.2 Å². The molecule has 3 aromatic carbocycles. The first-order chi connectivity index (χ1) is 16.9. The maximum absolute atomic E-state index is 13.7. The molecule has 0 bridgehead atoms. The maximum atomic E-state index is 13.7. The van der Waals surface area contributed by atoms with E-state index < -0.39 is 23.5 Å². The summed E-state index contributed by atoms with van der Waals surface area (Å²) in [5.74, 6) is -1.19. The Hall–Kier alpha value is -3.55. The van der Waals surface area contributed by atoms with Gasteiger partial charge in [0, 0.05) is 20.6 Å². The number of furan rings is 1. The van der Waals surface area contributed by atoms with E-state index in [9.17, 15) is 14.7 Å². The molecular formula is C27H19BrClNO5. The number of amides is 1. The predicted molar refractivity (Wildman–Crippen MR) is 137 cm³/mol. The lowest BCUT2D eigenvalue weighted by Gasteiger charge is -2.27. The number of carbonyl (C=O) groups excluding carboxylic acids is 2. The minimum Gasteiger partial charge on any atom is -0.503 e. The van der Waals surface area contributed by atoms with Crippen LogP contribution in [0.25, 0.3) is 11.0 Å². The molecule has 0 saturated carbocycles. The summed E-state index contributed by atoms with van der Waals surface area (Å²) in [6.07, 6.45) is 0. The summed E-state index contributed by atoms with van der Waals surface area (Å²) < 4.78 is 12.2. The molecule has 1 N–H and O–H groups in total. The van der Waals surface area contributed by atoms with E-state index in [1.807, 2.05) is 13.0 Å². The molecule has 2 heterocycles. The lowest BCUT2D eigenvalue weighted by Crippen LogP contribution is -2.31. The van der Waals surface area contributed by atoms with Crippen LogP contribution in [0.5, 0.6) is 5.75 Å². The molecular weight excluding hydrogens is 534 g/mol. The van der Waals surface area contributed by atoms with Crippen molar-refractivity contribution < 1.29 is 23.8 Å². The molecule has 1 amide bonds. The van der Waals surface area contributed by atoms with Crippen molar-refractivity contribution in [2.45, 2.75) is 13.0 Å². The molecule has 8 heteroatoms. The van der Waals surface area contributed by atoms with Crippen LogP contribution >= 0.6 is 27.5 Å². The number of anilines is 1. The van der Waals surface area contributed by atoms with E-state index in [4.69, 9.17) is 20.8 Å². The van der Waals surface area contributed by atoms with Gasteiger partial charge in [0.1, 0.15) is 11.3 Å². The van der Waals surface area contributed by atoms with Gasteiger partial charge in [-0.1, -0.05) is 39.7 Å². The Labute approximate surface area is 214 Å². The van der Waals surface area contributed by atoms with Crippen molar-refractivity contribution in [3.8, 4) is 5.75 Å². The van der Waals surface area contributed by atoms with E-state index in [1.54, 1.807) is 66.7 Å². The number of aliphatic hydroxyl groups excluding tert-OH is 1. The largest absolute Gasteiger partial charge is 0.503 e. The lowest BCUT2D eigenvalue weighted by molar-refractivity contribution is -0.117. The van der Waals surface area contributed by atoms with Gasteiger partial charge in [0.25, 0.3) is 5.91 Å². The zero-order chi connectivity index (χ0) is 24.7. The Balaban J connectivity index is 1.63. The molecule has 0 spiro atoms. The van der Waals surface area contributed by atoms with Crippen LogP contribution in [0.2, 0.25) is 5.02 Å². The third-order valence-corrected chi connectivity index (χ3v) is 6.51. The van der Waals surface area contributed by atoms with Gasteiger partial charge in [-0.3, -0.25) is 14.5 Å². The molecule has 0 fully saturated rings. The number of hydrogen-bond acceptors (Lipinski definition) is 5. The van der Waals surface area contributed by atoms with E-state index in [-0.39, 0.29) is 11.3 Å². The van der Waals surface area contributed by atoms with Gasteiger partial charge < -0.3 is 14.3 Å². The van der Waals surface area contributed by atoms with Crippen LogP contribution < -0.4 is 9.64 Å². The number of halogens is 2. The zero-order valence-corrected chi connectivity index (χ0v) is 20.8. The standard InChI is InChI=1S/C27H19BrClNO5/c1-2-34-20-10-3-15(4-11-20)24-23(25(31)22-14-16-13-17(28)5-12-21(16)35-22)26(32)27(33)30(24)19-8-6-18(29)7-9-19/h3-14,24,32H,2H2,1H3. The van der Waals surface area contributed by atoms with E-state index in [1.165, 1.54) is 4.90 Å². The Kier molecular flexibility index (Phi) is 6.13. The van der Waals surface area contributed by atoms with Gasteiger partial charge in [-0.05, 0) is 73.2 Å². The first-order valence-electron chi connectivity index (χ1n) is 10.9. The molecule has 5 rings (SSSR count). The van der Waals surface area contributed by atoms with Gasteiger partial charge in [0.2, 0.25) is 5.78 Å². The van der Waals surface area contributed by atoms with Crippen molar-refractivity contribution in [2.75, 3.05) is 11.5 Å². The third kappa shape index (κ3) is 4.22. The van der Waals surface area contributed by atoms with Crippen LogP contribution in [0.15, 0.2) is 93.0 Å². The summed E-state index contributed by atoms with van der Waals surface area (Å²) in [5, 5.41) is 12.2. The number of nitrogens with zero attached hydrogens (tertiary/aromatic N) is 1. The molecule has 1 aromatic heterocycles. The number of ketones is 1. The second kappa shape index (κ2) is 9.24. The van der Waals surface area contributed by atoms with Crippen LogP contribution in [0.4, 0.5) is 5.69 Å². The number of hydrogen-bond donors (Lipinski definition) is 1. The van der Waals surface area contributed by atoms with Gasteiger partial charge in [-0.2, -0.15) is 0 Å². The van der Waals surface area contributed by atoms with Crippen molar-refractivity contribution in [2.24, 2.45) is 0 Å². The van der Waals surface area contributed by atoms with Crippen molar-refractivity contribution in [1.29, 1.82) is 0 Å². The van der Waals surface area contributed by atoms with Crippen LogP contribution in [0.1, 0.15) is 29.1 Å². The average molecular weight is 553 g/mol. The quantitative estimate of drug-likeness (QED) is 0.260. The molecule has 1 aliphatic rings. The zero-order valence-electron chi connectivity index (χ0n) is 18.5. The van der Waals surface area contributed by atoms with Gasteiger partial charge in [0.05, 0.1) is 18.2 Å². The van der Waals surface area contributed by atoms with Gasteiger partial charge in [0.15, 0.2) is 11.5 Å². The summed E-state index contributed by atoms with van der Waals surface area (Å²) in [7, 11) is 0. The summed E-state index contributed by atoms with van der Waals surface area (Å²) in [4.78, 5) is 28.4. The van der Waals surface area contributed by atoms with Crippen molar-refractivity contribution >= 4 is 55.9 Å². The molecule has 1 unspecified atom stereocenters. The molecule has 6 nitrogen and oxygen atoms in total. The molecule has 4 aromatic rings. The monoisotopic (exact) mass is 551 g/mol. The van der Waals surface area contributed by atoms with E-state index in [0.717, 1.165) is 9.86 Å². The van der Waals surface area contributed by atoms with Gasteiger partial charge in [-0.15, -0.1) is 0 Å². The minimum absolute atomic E-state index is 0.0290. The smallest absolute Gasteiger partial charge is 0.294 e. The summed E-state index contributed by atoms with van der Waals surface area (Å²) in [6, 6.07) is 19.8. The van der Waals surface area contributed by atoms with Crippen LogP contribution in [0.3, 0.4) is 0 Å². The maximum Gasteiger partial charge on any atom is 0.294 e. The third-order valence-electron chi connectivity index (χ3n) is 5.77. The van der Waals surface area contributed by atoms with Gasteiger partial charge >= 0.3 is 0 Å². The van der Waals surface area contributed by atoms with Crippen molar-refractivity contribution in [3.63, 3.8) is 0 Å². The molecule has 0 saturated heterocycles. The number of fused-ring (bicyclic) bond motifs is 1. The fourth-order valence-corrected chi connectivity index (χ4v) is 4.70. The predicted octanol–water partition coefficient (Wildman–Crippen LogP) is 7.03. The SMILES string of the molecule is CCOc1ccc(C2C(C(=O)c3cc4cc(Br)ccc4o3)=C(O)C(=O)N2c2ccc(Cl)cc2)cc1. The van der Waals surface area contributed by atoms with Crippen LogP contribution in [0, 0.1) is 0 Å². The normalized spacial score (nSPS) is 15.8. The highest BCUT2D eigenvalue weighted by Gasteiger charge is 2.45. The molecule has 35 heavy (non-hydrogen) atoms. The van der Waals surface area contributed by atoms with Crippen LogP contribution in [-0.4, -0.2) is 23.4 Å². The van der Waals surface area contributed by atoms with Crippen molar-refractivity contribution in [3.05, 3.63) is 105 Å². The van der Waals surface area contributed by atoms with Gasteiger partial charge in [-0.25, -0.2) is 0 Å². The number of Topliss-reactive ketones (excluding diaryl/α,β-unsaturated/α-hetero) is 1. The van der Waals surface area contributed by atoms with E-state index >= 15 is 0 Å². The highest BCUT2D eigenvalue weighted by Crippen LogP contribution is 2.43. The Bertz CT molecular complexity index is 1470. The topological polar surface area (TPSA) is 80.0 Å². The Morgan fingerprint density at radius 3 is 2.49 bits per heavy atom. The second-order valence-electron chi connectivity index (χ2n) is 7.94. The highest BCUT2D eigenvalue weighted by atomic mass is 79.9. The average Bonchev–Trinajstić information content (AvgIpc) is 3.38. The number of carbonyl (C=O) groups is 2. The van der Waals surface area contributed by atoms with Crippen LogP contribution in [-0.2, 0) is 4.79 Å². The van der Waals surface area contributed by atoms with Crippen molar-refractivity contribution in [1.82, 2.24) is 0 Å². The first-order valence-corrected chi connectivity index (χ1v) is 12.0. The lowest BCUT2D eigenvalue weighted by atomic mass is 9.94. The Morgan fingerprint density at radius 2 is 1.80 bits per heavy atom. The minimum atomic E-state index is -0.883. The summed E-state index contributed by atoms with van der Waals surface area (Å²) >= 11 is 9.46. The molecule has 1 aliphatic heterocycles. The molecule has 0 aliphatic carbocycles. The molecule has 1 atom stereocenters. The molecule has 176 valence electrons. The number of rotatable bonds is 6. The molecule has 0 radical (unpaired) electrons. The van der Waals surface area contributed by atoms with E-state index in [2.05, 4.69) is 15.9 Å². The summed E-state index contributed by atoms with van der Waals surface area (Å²) in [5.41, 5.74) is 1.57. The first kappa shape index (κ1) is 23.2. The number of ether oxygens (including phenoxy) is 1. The fraction of sp³-hybridized carbons (Fsp3) is 0.111. The second-order valence-corrected chi connectivity index (χ2v) is 9.29. The number of aliphatic hydroxyl groups is 1. The number of benzene rings is 3. The Morgan fingerprint density at radius 1 is 1.09 bits per heavy atom. The highest BCUT2D eigenvalue weighted by molar-refractivity contribution is 9.10.